The smallest absolute Gasteiger partial charge is 0.240 e. The fourth-order valence-corrected chi connectivity index (χ4v) is 3.06. The Kier molecular flexibility index (Phi) is 7.31. The first-order valence-corrected chi connectivity index (χ1v) is 8.64. The number of hydrogen-bond acceptors (Lipinski definition) is 4. The van der Waals surface area contributed by atoms with Crippen LogP contribution in [0.1, 0.15) is 26.3 Å². The van der Waals surface area contributed by atoms with Gasteiger partial charge in [0.2, 0.25) is 10.0 Å². The maximum atomic E-state index is 12.3. The molecule has 0 fully saturated rings. The predicted octanol–water partition coefficient (Wildman–Crippen LogP) is 1.75. The molecule has 1 atom stereocenters. The summed E-state index contributed by atoms with van der Waals surface area (Å²) in [5, 5.41) is 3.28. The summed E-state index contributed by atoms with van der Waals surface area (Å²) < 4.78 is 32.1. The molecule has 0 saturated heterocycles. The van der Waals surface area contributed by atoms with Crippen LogP contribution in [0.3, 0.4) is 0 Å². The molecule has 0 aliphatic heterocycles. The Morgan fingerprint density at radius 2 is 1.95 bits per heavy atom. The second kappa shape index (κ2) is 8.48. The van der Waals surface area contributed by atoms with E-state index in [1.165, 1.54) is 0 Å². The summed E-state index contributed by atoms with van der Waals surface area (Å²) in [6, 6.07) is 7.37. The van der Waals surface area contributed by atoms with E-state index in [9.17, 15) is 8.42 Å². The minimum Gasteiger partial charge on any atom is -0.384 e. The summed E-state index contributed by atoms with van der Waals surface area (Å²) in [4.78, 5) is 0.301. The lowest BCUT2D eigenvalue weighted by atomic mass is 10.2. The van der Waals surface area contributed by atoms with Gasteiger partial charge in [0.25, 0.3) is 0 Å². The molecule has 1 rings (SSSR count). The topological polar surface area (TPSA) is 67.4 Å². The van der Waals surface area contributed by atoms with Crippen LogP contribution in [0.25, 0.3) is 0 Å². The summed E-state index contributed by atoms with van der Waals surface area (Å²) in [7, 11) is -1.86. The van der Waals surface area contributed by atoms with E-state index in [2.05, 4.69) is 23.9 Å². The standard InChI is InChI=1S/C15H26N2O3S/c1-12(2)16-10-14-6-5-7-15(8-14)21(18,19)17-9-13(3)11-20-4/h5-8,12-13,16-17H,9-11H2,1-4H3. The zero-order chi connectivity index (χ0) is 15.9. The van der Waals surface area contributed by atoms with E-state index in [0.717, 1.165) is 5.56 Å². The highest BCUT2D eigenvalue weighted by Gasteiger charge is 2.15. The van der Waals surface area contributed by atoms with Crippen LogP contribution in [0.2, 0.25) is 0 Å². The summed E-state index contributed by atoms with van der Waals surface area (Å²) in [6.45, 7) is 7.60. The van der Waals surface area contributed by atoms with E-state index in [1.54, 1.807) is 25.3 Å². The van der Waals surface area contributed by atoms with Crippen LogP contribution in [-0.4, -0.2) is 34.7 Å². The molecular formula is C15H26N2O3S. The first-order chi connectivity index (χ1) is 9.85. The highest BCUT2D eigenvalue weighted by atomic mass is 32.2. The number of sulfonamides is 1. The van der Waals surface area contributed by atoms with E-state index in [0.29, 0.717) is 30.6 Å². The van der Waals surface area contributed by atoms with Crippen molar-refractivity contribution in [2.75, 3.05) is 20.3 Å². The first kappa shape index (κ1) is 18.1. The Bertz CT molecular complexity index is 529. The van der Waals surface area contributed by atoms with Gasteiger partial charge in [-0.3, -0.25) is 0 Å². The van der Waals surface area contributed by atoms with Crippen LogP contribution < -0.4 is 10.0 Å². The van der Waals surface area contributed by atoms with Crippen molar-refractivity contribution >= 4 is 10.0 Å². The average Bonchev–Trinajstić information content (AvgIpc) is 2.44. The van der Waals surface area contributed by atoms with Crippen molar-refractivity contribution in [2.24, 2.45) is 5.92 Å². The monoisotopic (exact) mass is 314 g/mol. The van der Waals surface area contributed by atoms with Crippen molar-refractivity contribution in [3.05, 3.63) is 29.8 Å². The Hall–Kier alpha value is -0.950. The second-order valence-corrected chi connectivity index (χ2v) is 7.36. The number of methoxy groups -OCH3 is 1. The Morgan fingerprint density at radius 3 is 2.57 bits per heavy atom. The Morgan fingerprint density at radius 1 is 1.24 bits per heavy atom. The van der Waals surface area contributed by atoms with E-state index in [1.807, 2.05) is 13.0 Å². The van der Waals surface area contributed by atoms with Gasteiger partial charge in [0.1, 0.15) is 0 Å². The molecule has 0 spiro atoms. The zero-order valence-electron chi connectivity index (χ0n) is 13.2. The quantitative estimate of drug-likeness (QED) is 0.729. The van der Waals surface area contributed by atoms with Gasteiger partial charge in [-0.2, -0.15) is 0 Å². The van der Waals surface area contributed by atoms with Gasteiger partial charge in [0, 0.05) is 32.8 Å². The third kappa shape index (κ3) is 6.56. The molecule has 0 aliphatic rings. The van der Waals surface area contributed by atoms with Crippen molar-refractivity contribution in [1.29, 1.82) is 0 Å². The molecule has 1 unspecified atom stereocenters. The molecule has 0 heterocycles. The SMILES string of the molecule is COCC(C)CNS(=O)(=O)c1cccc(CNC(C)C)c1. The van der Waals surface area contributed by atoms with Gasteiger partial charge in [-0.15, -0.1) is 0 Å². The molecule has 21 heavy (non-hydrogen) atoms. The highest BCUT2D eigenvalue weighted by Crippen LogP contribution is 2.12. The van der Waals surface area contributed by atoms with Crippen LogP contribution in [-0.2, 0) is 21.3 Å². The highest BCUT2D eigenvalue weighted by molar-refractivity contribution is 7.89. The molecule has 1 aromatic carbocycles. The van der Waals surface area contributed by atoms with E-state index in [4.69, 9.17) is 4.74 Å². The predicted molar refractivity (Wildman–Crippen MR) is 84.6 cm³/mol. The van der Waals surface area contributed by atoms with Gasteiger partial charge in [-0.05, 0) is 23.6 Å². The molecule has 120 valence electrons. The largest absolute Gasteiger partial charge is 0.384 e. The fourth-order valence-electron chi connectivity index (χ4n) is 1.82. The molecule has 2 N–H and O–H groups in total. The lowest BCUT2D eigenvalue weighted by Crippen LogP contribution is -2.30. The minimum absolute atomic E-state index is 0.135. The molecule has 6 heteroatoms. The van der Waals surface area contributed by atoms with Crippen molar-refractivity contribution in [2.45, 2.75) is 38.3 Å². The lowest BCUT2D eigenvalue weighted by molar-refractivity contribution is 0.161. The molecule has 0 aliphatic carbocycles. The number of nitrogens with one attached hydrogen (secondary N) is 2. The van der Waals surface area contributed by atoms with Gasteiger partial charge in [-0.25, -0.2) is 13.1 Å². The van der Waals surface area contributed by atoms with E-state index >= 15 is 0 Å². The fraction of sp³-hybridized carbons (Fsp3) is 0.600. The van der Waals surface area contributed by atoms with Crippen LogP contribution in [0, 0.1) is 5.92 Å². The first-order valence-electron chi connectivity index (χ1n) is 7.16. The second-order valence-electron chi connectivity index (χ2n) is 5.60. The van der Waals surface area contributed by atoms with Gasteiger partial charge in [-0.1, -0.05) is 32.9 Å². The van der Waals surface area contributed by atoms with Crippen LogP contribution in [0.15, 0.2) is 29.2 Å². The molecule has 0 bridgehead atoms. The van der Waals surface area contributed by atoms with Crippen LogP contribution in [0.4, 0.5) is 0 Å². The van der Waals surface area contributed by atoms with Crippen molar-refractivity contribution in [1.82, 2.24) is 10.0 Å². The normalized spacial score (nSPS) is 13.6. The van der Waals surface area contributed by atoms with Crippen LogP contribution >= 0.6 is 0 Å². The zero-order valence-corrected chi connectivity index (χ0v) is 14.0. The lowest BCUT2D eigenvalue weighted by Gasteiger charge is -2.13. The van der Waals surface area contributed by atoms with Crippen molar-refractivity contribution in [3.8, 4) is 0 Å². The van der Waals surface area contributed by atoms with Crippen LogP contribution in [0.5, 0.6) is 0 Å². The summed E-state index contributed by atoms with van der Waals surface area (Å²) in [6.07, 6.45) is 0. The molecule has 0 saturated carbocycles. The molecule has 0 amide bonds. The minimum atomic E-state index is -3.47. The number of benzene rings is 1. The Balaban J connectivity index is 2.72. The van der Waals surface area contributed by atoms with E-state index < -0.39 is 10.0 Å². The maximum Gasteiger partial charge on any atom is 0.240 e. The Labute approximate surface area is 128 Å². The molecule has 0 radical (unpaired) electrons. The molecule has 0 aromatic heterocycles. The van der Waals surface area contributed by atoms with Gasteiger partial charge in [0.05, 0.1) is 4.90 Å². The van der Waals surface area contributed by atoms with Crippen molar-refractivity contribution in [3.63, 3.8) is 0 Å². The molecule has 5 nitrogen and oxygen atoms in total. The number of hydrogen-bond donors (Lipinski definition) is 2. The average molecular weight is 314 g/mol. The van der Waals surface area contributed by atoms with Gasteiger partial charge >= 0.3 is 0 Å². The van der Waals surface area contributed by atoms with E-state index in [-0.39, 0.29) is 5.92 Å². The number of ether oxygens (including phenoxy) is 1. The third-order valence-electron chi connectivity index (χ3n) is 3.00. The maximum absolute atomic E-state index is 12.3. The van der Waals surface area contributed by atoms with Gasteiger partial charge < -0.3 is 10.1 Å². The third-order valence-corrected chi connectivity index (χ3v) is 4.42. The number of rotatable bonds is 9. The summed E-state index contributed by atoms with van der Waals surface area (Å²) in [5.41, 5.74) is 0.955. The summed E-state index contributed by atoms with van der Waals surface area (Å²) >= 11 is 0. The van der Waals surface area contributed by atoms with Crippen molar-refractivity contribution < 1.29 is 13.2 Å². The van der Waals surface area contributed by atoms with Gasteiger partial charge in [0.15, 0.2) is 0 Å². The molecular weight excluding hydrogens is 288 g/mol. The summed E-state index contributed by atoms with van der Waals surface area (Å²) in [5.74, 6) is 0.135. The molecule has 1 aromatic rings.